The molecule has 2 heterocycles. The van der Waals surface area contributed by atoms with Gasteiger partial charge in [0, 0.05) is 38.3 Å². The van der Waals surface area contributed by atoms with Gasteiger partial charge in [-0.2, -0.15) is 0 Å². The Bertz CT molecular complexity index is 454. The van der Waals surface area contributed by atoms with Gasteiger partial charge in [-0.25, -0.2) is 4.39 Å². The number of nitrogens with one attached hydrogen (secondary N) is 1. The molecule has 3 rings (SSSR count). The molecule has 1 atom stereocenters. The lowest BCUT2D eigenvalue weighted by atomic mass is 10.2. The summed E-state index contributed by atoms with van der Waals surface area (Å²) >= 11 is 0. The van der Waals surface area contributed by atoms with Crippen molar-refractivity contribution in [3.8, 4) is 0 Å². The minimum Gasteiger partial charge on any atom is -0.369 e. The maximum Gasteiger partial charge on any atom is 0.221 e. The second kappa shape index (κ2) is 5.17. The fraction of sp³-hybridized carbons (Fsp3) is 0.500. The third-order valence-corrected chi connectivity index (χ3v) is 3.92. The van der Waals surface area contributed by atoms with Crippen LogP contribution >= 0.6 is 0 Å². The van der Waals surface area contributed by atoms with E-state index in [4.69, 9.17) is 0 Å². The number of anilines is 1. The van der Waals surface area contributed by atoms with E-state index in [9.17, 15) is 9.18 Å². The van der Waals surface area contributed by atoms with E-state index >= 15 is 0 Å². The molecule has 1 unspecified atom stereocenters. The van der Waals surface area contributed by atoms with E-state index in [0.29, 0.717) is 6.42 Å². The van der Waals surface area contributed by atoms with Crippen LogP contribution < -0.4 is 10.2 Å². The van der Waals surface area contributed by atoms with Gasteiger partial charge in [0.05, 0.1) is 6.17 Å². The number of nitrogens with zero attached hydrogens (tertiary/aromatic N) is 2. The average Bonchev–Trinajstić information content (AvgIpc) is 2.87. The number of hydrogen-bond donors (Lipinski definition) is 1. The van der Waals surface area contributed by atoms with Crippen molar-refractivity contribution in [3.63, 3.8) is 0 Å². The molecule has 0 bridgehead atoms. The van der Waals surface area contributed by atoms with Gasteiger partial charge in [0.25, 0.3) is 0 Å². The number of piperazine rings is 1. The summed E-state index contributed by atoms with van der Waals surface area (Å²) in [7, 11) is 0. The molecule has 19 heavy (non-hydrogen) atoms. The van der Waals surface area contributed by atoms with Crippen LogP contribution in [0.4, 0.5) is 10.1 Å². The van der Waals surface area contributed by atoms with Gasteiger partial charge < -0.3 is 10.2 Å². The van der Waals surface area contributed by atoms with Crippen LogP contribution in [0, 0.1) is 5.82 Å². The van der Waals surface area contributed by atoms with Crippen LogP contribution in [0.2, 0.25) is 0 Å². The minimum absolute atomic E-state index is 0.158. The summed E-state index contributed by atoms with van der Waals surface area (Å²) in [5, 5.41) is 3.00. The number of carbonyl (C=O) groups is 1. The van der Waals surface area contributed by atoms with Crippen LogP contribution in [0.5, 0.6) is 0 Å². The highest BCUT2D eigenvalue weighted by Crippen LogP contribution is 2.19. The molecular formula is C14H18FN3O. The number of hydrogen-bond acceptors (Lipinski definition) is 3. The van der Waals surface area contributed by atoms with Gasteiger partial charge in [-0.05, 0) is 30.7 Å². The molecule has 0 spiro atoms. The molecule has 2 aliphatic rings. The SMILES string of the molecule is O=C1CCC(N2CCN(c3ccc(F)cc3)CC2)N1. The molecule has 102 valence electrons. The van der Waals surface area contributed by atoms with E-state index in [-0.39, 0.29) is 17.9 Å². The molecule has 1 aromatic carbocycles. The van der Waals surface area contributed by atoms with Gasteiger partial charge in [0.15, 0.2) is 0 Å². The number of carbonyl (C=O) groups excluding carboxylic acids is 1. The summed E-state index contributed by atoms with van der Waals surface area (Å²) in [6, 6.07) is 6.64. The van der Waals surface area contributed by atoms with Crippen LogP contribution in [-0.2, 0) is 4.79 Å². The molecule has 5 heteroatoms. The monoisotopic (exact) mass is 263 g/mol. The Balaban J connectivity index is 1.57. The molecule has 2 saturated heterocycles. The summed E-state index contributed by atoms with van der Waals surface area (Å²) < 4.78 is 12.9. The Morgan fingerprint density at radius 1 is 1.11 bits per heavy atom. The molecule has 1 N–H and O–H groups in total. The first kappa shape index (κ1) is 12.4. The van der Waals surface area contributed by atoms with Crippen molar-refractivity contribution in [2.75, 3.05) is 31.1 Å². The zero-order valence-corrected chi connectivity index (χ0v) is 10.8. The van der Waals surface area contributed by atoms with Crippen molar-refractivity contribution in [3.05, 3.63) is 30.1 Å². The standard InChI is InChI=1S/C14H18FN3O/c15-11-1-3-12(4-2-11)17-7-9-18(10-8-17)13-5-6-14(19)16-13/h1-4,13H,5-10H2,(H,16,19). The first-order valence-electron chi connectivity index (χ1n) is 6.76. The topological polar surface area (TPSA) is 35.6 Å². The predicted octanol–water partition coefficient (Wildman–Crippen LogP) is 1.18. The third kappa shape index (κ3) is 2.71. The number of amides is 1. The molecule has 2 fully saturated rings. The molecule has 1 aromatic rings. The van der Waals surface area contributed by atoms with Crippen LogP contribution in [0.1, 0.15) is 12.8 Å². The fourth-order valence-corrected chi connectivity index (χ4v) is 2.82. The van der Waals surface area contributed by atoms with E-state index in [1.54, 1.807) is 0 Å². The zero-order valence-electron chi connectivity index (χ0n) is 10.8. The average molecular weight is 263 g/mol. The first-order chi connectivity index (χ1) is 9.22. The summed E-state index contributed by atoms with van der Waals surface area (Å²) in [5.41, 5.74) is 1.07. The van der Waals surface area contributed by atoms with Crippen molar-refractivity contribution in [2.24, 2.45) is 0 Å². The fourth-order valence-electron chi connectivity index (χ4n) is 2.82. The zero-order chi connectivity index (χ0) is 13.2. The van der Waals surface area contributed by atoms with Crippen molar-refractivity contribution in [2.45, 2.75) is 19.0 Å². The number of halogens is 1. The Hall–Kier alpha value is -1.62. The van der Waals surface area contributed by atoms with Crippen LogP contribution in [0.25, 0.3) is 0 Å². The van der Waals surface area contributed by atoms with Crippen LogP contribution in [-0.4, -0.2) is 43.2 Å². The van der Waals surface area contributed by atoms with E-state index < -0.39 is 0 Å². The molecule has 0 aliphatic carbocycles. The molecule has 2 aliphatic heterocycles. The van der Waals surface area contributed by atoms with Crippen LogP contribution in [0.3, 0.4) is 0 Å². The Morgan fingerprint density at radius 2 is 1.79 bits per heavy atom. The third-order valence-electron chi connectivity index (χ3n) is 3.92. The van der Waals surface area contributed by atoms with Gasteiger partial charge in [-0.3, -0.25) is 9.69 Å². The maximum absolute atomic E-state index is 12.9. The van der Waals surface area contributed by atoms with E-state index in [1.807, 2.05) is 12.1 Å². The molecule has 1 amide bonds. The van der Waals surface area contributed by atoms with Gasteiger partial charge in [0.1, 0.15) is 5.82 Å². The van der Waals surface area contributed by atoms with Crippen molar-refractivity contribution in [1.29, 1.82) is 0 Å². The smallest absolute Gasteiger partial charge is 0.221 e. The summed E-state index contributed by atoms with van der Waals surface area (Å²) in [4.78, 5) is 15.8. The van der Waals surface area contributed by atoms with E-state index in [2.05, 4.69) is 15.1 Å². The second-order valence-corrected chi connectivity index (χ2v) is 5.12. The van der Waals surface area contributed by atoms with Crippen molar-refractivity contribution < 1.29 is 9.18 Å². The largest absolute Gasteiger partial charge is 0.369 e. The maximum atomic E-state index is 12.9. The summed E-state index contributed by atoms with van der Waals surface area (Å²) in [6.07, 6.45) is 1.76. The highest BCUT2D eigenvalue weighted by molar-refractivity contribution is 5.78. The highest BCUT2D eigenvalue weighted by atomic mass is 19.1. The van der Waals surface area contributed by atoms with Gasteiger partial charge in [0.2, 0.25) is 5.91 Å². The molecular weight excluding hydrogens is 245 g/mol. The second-order valence-electron chi connectivity index (χ2n) is 5.12. The quantitative estimate of drug-likeness (QED) is 0.870. The molecule has 0 radical (unpaired) electrons. The highest BCUT2D eigenvalue weighted by Gasteiger charge is 2.29. The molecule has 0 aromatic heterocycles. The lowest BCUT2D eigenvalue weighted by Gasteiger charge is -2.38. The van der Waals surface area contributed by atoms with Gasteiger partial charge in [-0.1, -0.05) is 0 Å². The van der Waals surface area contributed by atoms with E-state index in [1.165, 1.54) is 12.1 Å². The van der Waals surface area contributed by atoms with Crippen LogP contribution in [0.15, 0.2) is 24.3 Å². The molecule has 0 saturated carbocycles. The Morgan fingerprint density at radius 3 is 2.37 bits per heavy atom. The first-order valence-corrected chi connectivity index (χ1v) is 6.76. The van der Waals surface area contributed by atoms with Gasteiger partial charge >= 0.3 is 0 Å². The lowest BCUT2D eigenvalue weighted by Crippen LogP contribution is -2.53. The number of benzene rings is 1. The number of rotatable bonds is 2. The minimum atomic E-state index is -0.198. The Labute approximate surface area is 112 Å². The van der Waals surface area contributed by atoms with E-state index in [0.717, 1.165) is 38.3 Å². The predicted molar refractivity (Wildman–Crippen MR) is 71.4 cm³/mol. The van der Waals surface area contributed by atoms with Crippen molar-refractivity contribution in [1.82, 2.24) is 10.2 Å². The van der Waals surface area contributed by atoms with Crippen molar-refractivity contribution >= 4 is 11.6 Å². The summed E-state index contributed by atoms with van der Waals surface area (Å²) in [5.74, 6) is -0.0398. The summed E-state index contributed by atoms with van der Waals surface area (Å²) in [6.45, 7) is 3.70. The van der Waals surface area contributed by atoms with Gasteiger partial charge in [-0.15, -0.1) is 0 Å². The normalized spacial score (nSPS) is 24.6. The Kier molecular flexibility index (Phi) is 3.38. The lowest BCUT2D eigenvalue weighted by molar-refractivity contribution is -0.119. The molecule has 4 nitrogen and oxygen atoms in total.